The molecular formula is C12H10ClFO. The highest BCUT2D eigenvalue weighted by molar-refractivity contribution is 6.33. The van der Waals surface area contributed by atoms with Gasteiger partial charge in [-0.2, -0.15) is 0 Å². The Morgan fingerprint density at radius 3 is 2.87 bits per heavy atom. The Labute approximate surface area is 93.3 Å². The van der Waals surface area contributed by atoms with Crippen molar-refractivity contribution in [3.63, 3.8) is 0 Å². The minimum absolute atomic E-state index is 0.102. The lowest BCUT2D eigenvalue weighted by molar-refractivity contribution is 0.0980. The van der Waals surface area contributed by atoms with Crippen LogP contribution in [0.1, 0.15) is 29.6 Å². The summed E-state index contributed by atoms with van der Waals surface area (Å²) in [7, 11) is 0. The SMILES string of the molecule is C#CCCCC(=O)c1ccc(F)cc1Cl. The van der Waals surface area contributed by atoms with E-state index in [-0.39, 0.29) is 10.8 Å². The van der Waals surface area contributed by atoms with Crippen LogP contribution >= 0.6 is 11.6 Å². The molecule has 0 atom stereocenters. The number of rotatable bonds is 4. The van der Waals surface area contributed by atoms with Gasteiger partial charge < -0.3 is 0 Å². The zero-order chi connectivity index (χ0) is 11.3. The van der Waals surface area contributed by atoms with Gasteiger partial charge in [0.1, 0.15) is 5.82 Å². The average molecular weight is 225 g/mol. The number of terminal acetylenes is 1. The highest BCUT2D eigenvalue weighted by atomic mass is 35.5. The molecule has 1 aromatic rings. The van der Waals surface area contributed by atoms with E-state index in [9.17, 15) is 9.18 Å². The number of carbonyl (C=O) groups is 1. The van der Waals surface area contributed by atoms with E-state index < -0.39 is 5.82 Å². The zero-order valence-electron chi connectivity index (χ0n) is 8.09. The molecular weight excluding hydrogens is 215 g/mol. The minimum Gasteiger partial charge on any atom is -0.294 e. The van der Waals surface area contributed by atoms with E-state index in [1.54, 1.807) is 0 Å². The van der Waals surface area contributed by atoms with Crippen LogP contribution < -0.4 is 0 Å². The monoisotopic (exact) mass is 224 g/mol. The molecule has 0 fully saturated rings. The van der Waals surface area contributed by atoms with Crippen LogP contribution in [0.3, 0.4) is 0 Å². The van der Waals surface area contributed by atoms with Gasteiger partial charge >= 0.3 is 0 Å². The fourth-order valence-corrected chi connectivity index (χ4v) is 1.47. The van der Waals surface area contributed by atoms with Gasteiger partial charge in [0.2, 0.25) is 0 Å². The molecule has 0 aliphatic heterocycles. The zero-order valence-corrected chi connectivity index (χ0v) is 8.85. The maximum atomic E-state index is 12.7. The molecule has 0 spiro atoms. The summed E-state index contributed by atoms with van der Waals surface area (Å²) in [5, 5.41) is 0.153. The van der Waals surface area contributed by atoms with Crippen molar-refractivity contribution in [3.05, 3.63) is 34.6 Å². The van der Waals surface area contributed by atoms with Gasteiger partial charge in [0.15, 0.2) is 5.78 Å². The van der Waals surface area contributed by atoms with E-state index in [1.165, 1.54) is 12.1 Å². The van der Waals surface area contributed by atoms with Crippen molar-refractivity contribution < 1.29 is 9.18 Å². The van der Waals surface area contributed by atoms with E-state index in [1.807, 2.05) is 0 Å². The summed E-state index contributed by atoms with van der Waals surface area (Å²) in [5.41, 5.74) is 0.357. The fraction of sp³-hybridized carbons (Fsp3) is 0.250. The van der Waals surface area contributed by atoms with E-state index in [4.69, 9.17) is 18.0 Å². The lowest BCUT2D eigenvalue weighted by Crippen LogP contribution is -2.00. The molecule has 1 nitrogen and oxygen atoms in total. The van der Waals surface area contributed by atoms with E-state index in [0.29, 0.717) is 24.8 Å². The molecule has 0 bridgehead atoms. The Hall–Kier alpha value is -1.33. The van der Waals surface area contributed by atoms with Crippen LogP contribution in [0.4, 0.5) is 4.39 Å². The number of benzene rings is 1. The van der Waals surface area contributed by atoms with Crippen molar-refractivity contribution in [1.82, 2.24) is 0 Å². The first-order valence-electron chi connectivity index (χ1n) is 4.57. The summed E-state index contributed by atoms with van der Waals surface area (Å²) >= 11 is 5.74. The molecule has 3 heteroatoms. The molecule has 0 aliphatic carbocycles. The van der Waals surface area contributed by atoms with E-state index >= 15 is 0 Å². The van der Waals surface area contributed by atoms with Gasteiger partial charge in [-0.05, 0) is 24.6 Å². The van der Waals surface area contributed by atoms with E-state index in [2.05, 4.69) is 5.92 Å². The molecule has 0 saturated carbocycles. The highest BCUT2D eigenvalue weighted by Gasteiger charge is 2.10. The predicted molar refractivity (Wildman–Crippen MR) is 58.4 cm³/mol. The van der Waals surface area contributed by atoms with Crippen LogP contribution in [-0.2, 0) is 0 Å². The van der Waals surface area contributed by atoms with Gasteiger partial charge in [-0.3, -0.25) is 4.79 Å². The number of hydrogen-bond donors (Lipinski definition) is 0. The Bertz CT molecular complexity index is 407. The minimum atomic E-state index is -0.444. The van der Waals surface area contributed by atoms with Gasteiger partial charge in [0, 0.05) is 18.4 Å². The maximum absolute atomic E-state index is 12.7. The second kappa shape index (κ2) is 5.53. The normalized spacial score (nSPS) is 9.67. The first-order valence-corrected chi connectivity index (χ1v) is 4.94. The first kappa shape index (κ1) is 11.7. The molecule has 0 aliphatic rings. The van der Waals surface area contributed by atoms with E-state index in [0.717, 1.165) is 6.07 Å². The maximum Gasteiger partial charge on any atom is 0.164 e. The van der Waals surface area contributed by atoms with Crippen molar-refractivity contribution >= 4 is 17.4 Å². The Morgan fingerprint density at radius 1 is 1.53 bits per heavy atom. The Morgan fingerprint density at radius 2 is 2.27 bits per heavy atom. The summed E-state index contributed by atoms with van der Waals surface area (Å²) in [5.74, 6) is 1.91. The average Bonchev–Trinajstić information content (AvgIpc) is 2.17. The standard InChI is InChI=1S/C12H10ClFO/c1-2-3-4-5-12(15)10-7-6-9(14)8-11(10)13/h1,6-8H,3-5H2. The molecule has 0 saturated heterocycles. The third-order valence-electron chi connectivity index (χ3n) is 1.96. The molecule has 0 amide bonds. The van der Waals surface area contributed by atoms with Gasteiger partial charge in [-0.25, -0.2) is 4.39 Å². The Balaban J connectivity index is 2.70. The molecule has 1 rings (SSSR count). The molecule has 0 unspecified atom stereocenters. The van der Waals surface area contributed by atoms with Crippen LogP contribution in [0.15, 0.2) is 18.2 Å². The summed E-state index contributed by atoms with van der Waals surface area (Å²) in [4.78, 5) is 11.6. The van der Waals surface area contributed by atoms with Crippen LogP contribution in [-0.4, -0.2) is 5.78 Å². The van der Waals surface area contributed by atoms with Crippen molar-refractivity contribution in [2.24, 2.45) is 0 Å². The number of halogens is 2. The lowest BCUT2D eigenvalue weighted by atomic mass is 10.1. The number of Topliss-reactive ketones (excluding diaryl/α,β-unsaturated/α-hetero) is 1. The van der Waals surface area contributed by atoms with Crippen molar-refractivity contribution in [3.8, 4) is 12.3 Å². The molecule has 0 heterocycles. The molecule has 0 N–H and O–H groups in total. The number of ketones is 1. The van der Waals surface area contributed by atoms with Crippen LogP contribution in [0.25, 0.3) is 0 Å². The largest absolute Gasteiger partial charge is 0.294 e. The first-order chi connectivity index (χ1) is 7.15. The van der Waals surface area contributed by atoms with Crippen molar-refractivity contribution in [2.75, 3.05) is 0 Å². The Kier molecular flexibility index (Phi) is 4.33. The third-order valence-corrected chi connectivity index (χ3v) is 2.27. The quantitative estimate of drug-likeness (QED) is 0.435. The van der Waals surface area contributed by atoms with Gasteiger partial charge in [-0.15, -0.1) is 12.3 Å². The fourth-order valence-electron chi connectivity index (χ4n) is 1.20. The topological polar surface area (TPSA) is 17.1 Å². The number of unbranched alkanes of at least 4 members (excludes halogenated alkanes) is 1. The summed E-state index contributed by atoms with van der Waals surface area (Å²) < 4.78 is 12.7. The lowest BCUT2D eigenvalue weighted by Gasteiger charge is -2.02. The van der Waals surface area contributed by atoms with Gasteiger partial charge in [0.25, 0.3) is 0 Å². The third kappa shape index (κ3) is 3.38. The second-order valence-corrected chi connectivity index (χ2v) is 3.51. The summed E-state index contributed by atoms with van der Waals surface area (Å²) in [6, 6.07) is 3.76. The molecule has 0 aromatic heterocycles. The number of hydrogen-bond acceptors (Lipinski definition) is 1. The van der Waals surface area contributed by atoms with Crippen molar-refractivity contribution in [1.29, 1.82) is 0 Å². The van der Waals surface area contributed by atoms with Gasteiger partial charge in [0.05, 0.1) is 5.02 Å². The second-order valence-electron chi connectivity index (χ2n) is 3.11. The van der Waals surface area contributed by atoms with Crippen LogP contribution in [0.5, 0.6) is 0 Å². The predicted octanol–water partition coefficient (Wildman–Crippen LogP) is 3.47. The van der Waals surface area contributed by atoms with Crippen molar-refractivity contribution in [2.45, 2.75) is 19.3 Å². The molecule has 0 radical (unpaired) electrons. The highest BCUT2D eigenvalue weighted by Crippen LogP contribution is 2.19. The van der Waals surface area contributed by atoms with Crippen LogP contribution in [0.2, 0.25) is 5.02 Å². The van der Waals surface area contributed by atoms with Gasteiger partial charge in [-0.1, -0.05) is 11.6 Å². The smallest absolute Gasteiger partial charge is 0.164 e. The summed E-state index contributed by atoms with van der Waals surface area (Å²) in [6.45, 7) is 0. The molecule has 78 valence electrons. The number of carbonyl (C=O) groups excluding carboxylic acids is 1. The molecule has 1 aromatic carbocycles. The summed E-state index contributed by atoms with van der Waals surface area (Å²) in [6.07, 6.45) is 6.60. The van der Waals surface area contributed by atoms with Crippen LogP contribution in [0, 0.1) is 18.2 Å². The molecule has 15 heavy (non-hydrogen) atoms.